The number of rotatable bonds is 3. The average molecular weight is 447 g/mol. The van der Waals surface area contributed by atoms with Gasteiger partial charge in [0.1, 0.15) is 11.6 Å². The molecule has 0 amide bonds. The third kappa shape index (κ3) is 2.88. The van der Waals surface area contributed by atoms with Crippen molar-refractivity contribution in [3.63, 3.8) is 0 Å². The van der Waals surface area contributed by atoms with Crippen LogP contribution in [0.1, 0.15) is 26.2 Å². The normalized spacial score (nSPS) is 27.1. The molecule has 1 aromatic carbocycles. The lowest BCUT2D eigenvalue weighted by Gasteiger charge is -2.35. The lowest BCUT2D eigenvalue weighted by atomic mass is 9.70. The highest BCUT2D eigenvalue weighted by Crippen LogP contribution is 2.56. The molecule has 1 heterocycles. The Hall–Kier alpha value is -1.09. The van der Waals surface area contributed by atoms with Crippen molar-refractivity contribution in [1.29, 1.82) is 0 Å². The van der Waals surface area contributed by atoms with E-state index in [-0.39, 0.29) is 17.0 Å². The molecule has 0 radical (unpaired) electrons. The third-order valence-corrected chi connectivity index (χ3v) is 6.65. The highest BCUT2D eigenvalue weighted by molar-refractivity contribution is 14.1. The Morgan fingerprint density at radius 3 is 2.91 bits per heavy atom. The monoisotopic (exact) mass is 447 g/mol. The maximum absolute atomic E-state index is 14.1. The molecule has 1 aliphatic heterocycles. The first-order chi connectivity index (χ1) is 10.8. The zero-order valence-electron chi connectivity index (χ0n) is 12.4. The number of benzene rings is 1. The van der Waals surface area contributed by atoms with Gasteiger partial charge in [0.15, 0.2) is 0 Å². The standard InChI is InChI=1S/C16H15FINO3S/c1-16-6-2-3-11(20)13(16)23-14(12(16)15(21)22)19-10-5-4-8(18)7-9(10)17/h4-5,7,13,19H,2-3,6H2,1H3,(H,21,22). The molecule has 0 spiro atoms. The van der Waals surface area contributed by atoms with E-state index in [1.54, 1.807) is 12.1 Å². The minimum absolute atomic E-state index is 0.0717. The summed E-state index contributed by atoms with van der Waals surface area (Å²) in [5.74, 6) is -1.42. The van der Waals surface area contributed by atoms with Gasteiger partial charge in [-0.1, -0.05) is 18.7 Å². The summed E-state index contributed by atoms with van der Waals surface area (Å²) in [7, 11) is 0. The molecule has 1 aromatic rings. The number of anilines is 1. The number of carbonyl (C=O) groups excluding carboxylic acids is 1. The van der Waals surface area contributed by atoms with E-state index < -0.39 is 22.5 Å². The Balaban J connectivity index is 2.01. The van der Waals surface area contributed by atoms with Crippen LogP contribution in [-0.4, -0.2) is 22.1 Å². The van der Waals surface area contributed by atoms with Gasteiger partial charge in [-0.05, 0) is 53.6 Å². The fourth-order valence-corrected chi connectivity index (χ4v) is 5.32. The number of halogens is 2. The van der Waals surface area contributed by atoms with Crippen LogP contribution in [0, 0.1) is 14.8 Å². The number of thioether (sulfide) groups is 1. The van der Waals surface area contributed by atoms with Crippen LogP contribution in [-0.2, 0) is 9.59 Å². The molecule has 7 heteroatoms. The second kappa shape index (κ2) is 6.08. The van der Waals surface area contributed by atoms with Crippen LogP contribution < -0.4 is 5.32 Å². The molecule has 1 fully saturated rings. The number of carbonyl (C=O) groups is 2. The zero-order chi connectivity index (χ0) is 16.8. The molecule has 1 aliphatic carbocycles. The number of carboxylic acids is 1. The van der Waals surface area contributed by atoms with Crippen LogP contribution in [0.2, 0.25) is 0 Å². The van der Waals surface area contributed by atoms with Gasteiger partial charge in [0.25, 0.3) is 0 Å². The van der Waals surface area contributed by atoms with Gasteiger partial charge in [0.2, 0.25) is 0 Å². The highest BCUT2D eigenvalue weighted by atomic mass is 127. The smallest absolute Gasteiger partial charge is 0.334 e. The van der Waals surface area contributed by atoms with Crippen LogP contribution >= 0.6 is 34.4 Å². The van der Waals surface area contributed by atoms with Gasteiger partial charge in [-0.25, -0.2) is 9.18 Å². The largest absolute Gasteiger partial charge is 0.478 e. The molecule has 0 aromatic heterocycles. The van der Waals surface area contributed by atoms with Gasteiger partial charge in [-0.2, -0.15) is 0 Å². The summed E-state index contributed by atoms with van der Waals surface area (Å²) in [6.07, 6.45) is 1.82. The number of Topliss-reactive ketones (excluding diaryl/α,β-unsaturated/α-hetero) is 1. The number of fused-ring (bicyclic) bond motifs is 1. The lowest BCUT2D eigenvalue weighted by molar-refractivity contribution is -0.134. The number of aliphatic carboxylic acids is 1. The van der Waals surface area contributed by atoms with Crippen LogP contribution in [0.4, 0.5) is 10.1 Å². The van der Waals surface area contributed by atoms with Crippen molar-refractivity contribution in [1.82, 2.24) is 0 Å². The second-order valence-corrected chi connectivity index (χ2v) is 8.35. The molecule has 2 atom stereocenters. The molecule has 1 saturated carbocycles. The Morgan fingerprint density at radius 1 is 1.52 bits per heavy atom. The molecule has 23 heavy (non-hydrogen) atoms. The maximum atomic E-state index is 14.1. The van der Waals surface area contributed by atoms with E-state index in [1.807, 2.05) is 29.5 Å². The van der Waals surface area contributed by atoms with Crippen LogP contribution in [0.3, 0.4) is 0 Å². The van der Waals surface area contributed by atoms with Crippen molar-refractivity contribution in [2.45, 2.75) is 31.4 Å². The predicted octanol–water partition coefficient (Wildman–Crippen LogP) is 4.01. The van der Waals surface area contributed by atoms with Crippen molar-refractivity contribution in [3.8, 4) is 0 Å². The van der Waals surface area contributed by atoms with Crippen molar-refractivity contribution >= 4 is 51.8 Å². The Kier molecular flexibility index (Phi) is 4.43. The molecule has 2 N–H and O–H groups in total. The van der Waals surface area contributed by atoms with Crippen molar-refractivity contribution in [2.24, 2.45) is 5.41 Å². The van der Waals surface area contributed by atoms with Crippen LogP contribution in [0.25, 0.3) is 0 Å². The number of ketones is 1. The van der Waals surface area contributed by atoms with E-state index in [4.69, 9.17) is 0 Å². The summed E-state index contributed by atoms with van der Waals surface area (Å²) in [4.78, 5) is 24.0. The maximum Gasteiger partial charge on any atom is 0.334 e. The van der Waals surface area contributed by atoms with Crippen molar-refractivity contribution < 1.29 is 19.1 Å². The minimum Gasteiger partial charge on any atom is -0.478 e. The fraction of sp³-hybridized carbons (Fsp3) is 0.375. The van der Waals surface area contributed by atoms with E-state index in [2.05, 4.69) is 5.32 Å². The summed E-state index contributed by atoms with van der Waals surface area (Å²) in [6, 6.07) is 4.70. The van der Waals surface area contributed by atoms with Crippen LogP contribution in [0.5, 0.6) is 0 Å². The quantitative estimate of drug-likeness (QED) is 0.686. The Labute approximate surface area is 151 Å². The summed E-state index contributed by atoms with van der Waals surface area (Å²) in [6.45, 7) is 1.82. The zero-order valence-corrected chi connectivity index (χ0v) is 15.3. The molecule has 4 nitrogen and oxygen atoms in total. The van der Waals surface area contributed by atoms with Gasteiger partial charge < -0.3 is 10.4 Å². The van der Waals surface area contributed by atoms with E-state index in [0.29, 0.717) is 24.3 Å². The number of hydrogen-bond acceptors (Lipinski definition) is 4. The fourth-order valence-electron chi connectivity index (χ4n) is 3.28. The average Bonchev–Trinajstić information content (AvgIpc) is 2.75. The van der Waals surface area contributed by atoms with E-state index in [1.165, 1.54) is 17.8 Å². The second-order valence-electron chi connectivity index (χ2n) is 5.99. The van der Waals surface area contributed by atoms with Gasteiger partial charge >= 0.3 is 5.97 Å². The number of nitrogens with one attached hydrogen (secondary N) is 1. The summed E-state index contributed by atoms with van der Waals surface area (Å²) >= 11 is 3.22. The molecule has 122 valence electrons. The topological polar surface area (TPSA) is 66.4 Å². The first-order valence-corrected chi connectivity index (χ1v) is 9.18. The van der Waals surface area contributed by atoms with E-state index >= 15 is 0 Å². The number of hydrogen-bond donors (Lipinski definition) is 2. The lowest BCUT2D eigenvalue weighted by Crippen LogP contribution is -2.40. The molecule has 3 rings (SSSR count). The summed E-state index contributed by atoms with van der Waals surface area (Å²) in [5.41, 5.74) is -0.284. The van der Waals surface area contributed by atoms with Gasteiger partial charge in [0, 0.05) is 15.4 Å². The van der Waals surface area contributed by atoms with Crippen LogP contribution in [0.15, 0.2) is 28.8 Å². The Bertz CT molecular complexity index is 736. The summed E-state index contributed by atoms with van der Waals surface area (Å²) < 4.78 is 14.8. The van der Waals surface area contributed by atoms with Gasteiger partial charge in [-0.15, -0.1) is 0 Å². The highest BCUT2D eigenvalue weighted by Gasteiger charge is 2.53. The minimum atomic E-state index is -1.05. The third-order valence-electron chi connectivity index (χ3n) is 4.42. The van der Waals surface area contributed by atoms with Gasteiger partial charge in [0.05, 0.1) is 21.5 Å². The van der Waals surface area contributed by atoms with Gasteiger partial charge in [-0.3, -0.25) is 4.79 Å². The van der Waals surface area contributed by atoms with E-state index in [9.17, 15) is 19.1 Å². The SMILES string of the molecule is CC12CCCC(=O)C1SC(Nc1ccc(I)cc1F)=C2C(=O)O. The first kappa shape index (κ1) is 16.8. The number of carboxylic acid groups (broad SMARTS) is 1. The molecular weight excluding hydrogens is 432 g/mol. The van der Waals surface area contributed by atoms with E-state index in [0.717, 1.165) is 3.57 Å². The molecule has 0 bridgehead atoms. The molecule has 2 aliphatic rings. The first-order valence-electron chi connectivity index (χ1n) is 7.22. The molecule has 0 saturated heterocycles. The summed E-state index contributed by atoms with van der Waals surface area (Å²) in [5, 5.41) is 12.5. The predicted molar refractivity (Wildman–Crippen MR) is 95.7 cm³/mol. The van der Waals surface area contributed by atoms with Crippen molar-refractivity contribution in [3.05, 3.63) is 38.2 Å². The Morgan fingerprint density at radius 2 is 2.26 bits per heavy atom. The van der Waals surface area contributed by atoms with Crippen molar-refractivity contribution in [2.75, 3.05) is 5.32 Å². The molecule has 2 unspecified atom stereocenters. The molecular formula is C16H15FINO3S.